The lowest BCUT2D eigenvalue weighted by molar-refractivity contribution is -0.118. The zero-order chi connectivity index (χ0) is 17.1. The topological polar surface area (TPSA) is 53.8 Å². The maximum Gasteiger partial charge on any atom is 0.244 e. The minimum absolute atomic E-state index is 0.0904. The fourth-order valence-corrected chi connectivity index (χ4v) is 3.39. The highest BCUT2D eigenvalue weighted by Gasteiger charge is 2.31. The molecule has 1 amide bonds. The van der Waals surface area contributed by atoms with Gasteiger partial charge in [0, 0.05) is 0 Å². The van der Waals surface area contributed by atoms with Crippen LogP contribution in [0.5, 0.6) is 0 Å². The Hall–Kier alpha value is -1.82. The van der Waals surface area contributed by atoms with Crippen LogP contribution in [0.3, 0.4) is 0 Å². The van der Waals surface area contributed by atoms with Crippen molar-refractivity contribution < 1.29 is 4.79 Å². The third-order valence-electron chi connectivity index (χ3n) is 3.43. The van der Waals surface area contributed by atoms with Crippen LogP contribution >= 0.6 is 35.0 Å². The molecule has 2 aromatic rings. The van der Waals surface area contributed by atoms with Gasteiger partial charge in [0.15, 0.2) is 5.17 Å². The summed E-state index contributed by atoms with van der Waals surface area (Å²) in [5.41, 5.74) is 2.44. The Morgan fingerprint density at radius 3 is 2.58 bits per heavy atom. The van der Waals surface area contributed by atoms with E-state index in [-0.39, 0.29) is 11.2 Å². The molecule has 24 heavy (non-hydrogen) atoms. The molecule has 1 saturated heterocycles. The number of carbonyl (C=O) groups is 1. The summed E-state index contributed by atoms with van der Waals surface area (Å²) in [5.74, 6) is -0.0904. The molecule has 1 aliphatic rings. The molecule has 0 radical (unpaired) electrons. The molecule has 1 aliphatic heterocycles. The van der Waals surface area contributed by atoms with Crippen molar-refractivity contribution >= 4 is 51.8 Å². The Bertz CT molecular complexity index is 837. The molecule has 1 fully saturated rings. The number of thioether (sulfide) groups is 1. The van der Waals surface area contributed by atoms with Crippen molar-refractivity contribution in [3.05, 3.63) is 69.7 Å². The summed E-state index contributed by atoms with van der Waals surface area (Å²) in [6.45, 7) is 1.82. The van der Waals surface area contributed by atoms with Crippen LogP contribution < -0.4 is 5.32 Å². The van der Waals surface area contributed by atoms with Gasteiger partial charge in [-0.2, -0.15) is 5.10 Å². The fraction of sp³-hybridized carbons (Fsp3) is 0.118. The van der Waals surface area contributed by atoms with E-state index >= 15 is 0 Å². The van der Waals surface area contributed by atoms with Gasteiger partial charge in [-0.05, 0) is 30.2 Å². The van der Waals surface area contributed by atoms with Gasteiger partial charge < -0.3 is 5.32 Å². The predicted octanol–water partition coefficient (Wildman–Crippen LogP) is 4.68. The summed E-state index contributed by atoms with van der Waals surface area (Å²) in [5, 5.41) is 12.2. The van der Waals surface area contributed by atoms with E-state index in [0.717, 1.165) is 11.1 Å². The average molecular weight is 378 g/mol. The number of nitrogens with one attached hydrogen (secondary N) is 1. The number of hydrogen-bond donors (Lipinski definition) is 1. The van der Waals surface area contributed by atoms with Gasteiger partial charge in [0.05, 0.1) is 15.8 Å². The smallest absolute Gasteiger partial charge is 0.244 e. The number of benzene rings is 2. The molecule has 1 N–H and O–H groups in total. The lowest BCUT2D eigenvalue weighted by atomic mass is 10.1. The standard InChI is InChI=1S/C17H13Cl2N3OS/c1-10(12-7-8-13(18)14(19)9-12)21-22-17-20-16(23)15(24-17)11-5-3-2-4-6-11/h2-9,15H,1H3,(H,20,22,23)/b21-10+. The number of carbonyl (C=O) groups excluding carboxylic acids is 1. The second kappa shape index (κ2) is 7.38. The number of nitrogens with zero attached hydrogens (tertiary/aromatic N) is 2. The first-order valence-electron chi connectivity index (χ1n) is 7.15. The molecule has 1 atom stereocenters. The molecule has 4 nitrogen and oxygen atoms in total. The minimum Gasteiger partial charge on any atom is -0.302 e. The van der Waals surface area contributed by atoms with Gasteiger partial charge in [-0.15, -0.1) is 5.10 Å². The Morgan fingerprint density at radius 2 is 1.88 bits per heavy atom. The predicted molar refractivity (Wildman–Crippen MR) is 101 cm³/mol. The lowest BCUT2D eigenvalue weighted by Crippen LogP contribution is -2.21. The SMILES string of the molecule is C/C(=N\N=C1/NC(=O)C(c2ccccc2)S1)c1ccc(Cl)c(Cl)c1. The Labute approximate surface area is 154 Å². The van der Waals surface area contributed by atoms with Gasteiger partial charge in [0.25, 0.3) is 0 Å². The summed E-state index contributed by atoms with van der Waals surface area (Å²) in [6.07, 6.45) is 0. The van der Waals surface area contributed by atoms with Crippen LogP contribution in [-0.4, -0.2) is 16.8 Å². The second-order valence-corrected chi connectivity index (χ2v) is 7.03. The van der Waals surface area contributed by atoms with Gasteiger partial charge >= 0.3 is 0 Å². The molecular formula is C17H13Cl2N3OS. The summed E-state index contributed by atoms with van der Waals surface area (Å²) >= 11 is 13.3. The van der Waals surface area contributed by atoms with E-state index < -0.39 is 0 Å². The Morgan fingerprint density at radius 1 is 1.12 bits per heavy atom. The third kappa shape index (κ3) is 3.80. The average Bonchev–Trinajstić information content (AvgIpc) is 2.97. The van der Waals surface area contributed by atoms with E-state index in [1.54, 1.807) is 12.1 Å². The van der Waals surface area contributed by atoms with Crippen molar-refractivity contribution in [3.63, 3.8) is 0 Å². The fourth-order valence-electron chi connectivity index (χ4n) is 2.16. The van der Waals surface area contributed by atoms with E-state index in [0.29, 0.717) is 20.9 Å². The third-order valence-corrected chi connectivity index (χ3v) is 5.30. The van der Waals surface area contributed by atoms with E-state index in [1.807, 2.05) is 43.3 Å². The van der Waals surface area contributed by atoms with E-state index in [1.165, 1.54) is 11.8 Å². The number of amidine groups is 1. The van der Waals surface area contributed by atoms with Crippen LogP contribution in [0.25, 0.3) is 0 Å². The largest absolute Gasteiger partial charge is 0.302 e. The first kappa shape index (κ1) is 17.0. The van der Waals surface area contributed by atoms with Crippen LogP contribution in [0, 0.1) is 0 Å². The highest BCUT2D eigenvalue weighted by Crippen LogP contribution is 2.34. The normalized spacial score (nSPS) is 19.6. The number of amides is 1. The van der Waals surface area contributed by atoms with Crippen molar-refractivity contribution in [3.8, 4) is 0 Å². The highest BCUT2D eigenvalue weighted by atomic mass is 35.5. The molecular weight excluding hydrogens is 365 g/mol. The molecule has 122 valence electrons. The minimum atomic E-state index is -0.301. The van der Waals surface area contributed by atoms with E-state index in [2.05, 4.69) is 15.5 Å². The van der Waals surface area contributed by atoms with E-state index in [4.69, 9.17) is 23.2 Å². The van der Waals surface area contributed by atoms with Crippen LogP contribution in [-0.2, 0) is 4.79 Å². The summed E-state index contributed by atoms with van der Waals surface area (Å²) < 4.78 is 0. The molecule has 0 saturated carbocycles. The van der Waals surface area contributed by atoms with Crippen LogP contribution in [0.4, 0.5) is 0 Å². The van der Waals surface area contributed by atoms with Crippen LogP contribution in [0.1, 0.15) is 23.3 Å². The number of hydrogen-bond acceptors (Lipinski definition) is 4. The maximum atomic E-state index is 12.1. The first-order valence-corrected chi connectivity index (χ1v) is 8.78. The summed E-state index contributed by atoms with van der Waals surface area (Å²) in [6, 6.07) is 14.8. The Kier molecular flexibility index (Phi) is 5.23. The molecule has 2 aromatic carbocycles. The van der Waals surface area contributed by atoms with Crippen molar-refractivity contribution in [2.45, 2.75) is 12.2 Å². The first-order chi connectivity index (χ1) is 11.5. The molecule has 0 aliphatic carbocycles. The molecule has 0 spiro atoms. The number of halogens is 2. The second-order valence-electron chi connectivity index (χ2n) is 5.12. The molecule has 3 rings (SSSR count). The van der Waals surface area contributed by atoms with Crippen molar-refractivity contribution in [2.24, 2.45) is 10.2 Å². The van der Waals surface area contributed by atoms with Crippen molar-refractivity contribution in [1.29, 1.82) is 0 Å². The summed E-state index contributed by atoms with van der Waals surface area (Å²) in [7, 11) is 0. The monoisotopic (exact) mass is 377 g/mol. The quantitative estimate of drug-likeness (QED) is 0.623. The number of rotatable bonds is 3. The van der Waals surface area contributed by atoms with Crippen LogP contribution in [0.15, 0.2) is 58.7 Å². The van der Waals surface area contributed by atoms with Crippen LogP contribution in [0.2, 0.25) is 10.0 Å². The van der Waals surface area contributed by atoms with E-state index in [9.17, 15) is 4.79 Å². The molecule has 1 unspecified atom stereocenters. The van der Waals surface area contributed by atoms with Gasteiger partial charge in [-0.25, -0.2) is 0 Å². The van der Waals surface area contributed by atoms with Gasteiger partial charge in [-0.3, -0.25) is 4.79 Å². The summed E-state index contributed by atoms with van der Waals surface area (Å²) in [4.78, 5) is 12.1. The van der Waals surface area contributed by atoms with Crippen molar-refractivity contribution in [2.75, 3.05) is 0 Å². The molecule has 7 heteroatoms. The zero-order valence-electron chi connectivity index (χ0n) is 12.7. The molecule has 1 heterocycles. The Balaban J connectivity index is 1.77. The van der Waals surface area contributed by atoms with Crippen molar-refractivity contribution in [1.82, 2.24) is 5.32 Å². The molecule has 0 aromatic heterocycles. The molecule has 0 bridgehead atoms. The van der Waals surface area contributed by atoms with Gasteiger partial charge in [-0.1, -0.05) is 71.4 Å². The highest BCUT2D eigenvalue weighted by molar-refractivity contribution is 8.15. The van der Waals surface area contributed by atoms with Gasteiger partial charge in [0.1, 0.15) is 5.25 Å². The lowest BCUT2D eigenvalue weighted by Gasteiger charge is -2.03. The maximum absolute atomic E-state index is 12.1. The van der Waals surface area contributed by atoms with Gasteiger partial charge in [0.2, 0.25) is 5.91 Å². The zero-order valence-corrected chi connectivity index (χ0v) is 15.0.